The average molecular weight is 709 g/mol. The van der Waals surface area contributed by atoms with Crippen molar-refractivity contribution in [3.05, 3.63) is 221 Å². The maximum Gasteiger partial charge on any atom is 0.227 e. The largest absolute Gasteiger partial charge is 0.456 e. The van der Waals surface area contributed by atoms with Gasteiger partial charge in [-0.1, -0.05) is 140 Å². The van der Waals surface area contributed by atoms with Crippen molar-refractivity contribution in [1.29, 1.82) is 0 Å². The van der Waals surface area contributed by atoms with Gasteiger partial charge in [-0.25, -0.2) is 4.98 Å². The van der Waals surface area contributed by atoms with Gasteiger partial charge < -0.3 is 13.7 Å². The van der Waals surface area contributed by atoms with E-state index in [4.69, 9.17) is 13.8 Å². The molecule has 4 heteroatoms. The van der Waals surface area contributed by atoms with E-state index in [0.717, 1.165) is 44.6 Å². The van der Waals surface area contributed by atoms with Crippen LogP contribution in [-0.4, -0.2) is 4.98 Å². The number of oxazole rings is 1. The highest BCUT2D eigenvalue weighted by Crippen LogP contribution is 2.57. The normalized spacial score (nSPS) is 13.6. The molecule has 0 fully saturated rings. The zero-order valence-electron chi connectivity index (χ0n) is 30.3. The average Bonchev–Trinajstić information content (AvgIpc) is 3.90. The second kappa shape index (κ2) is 13.0. The molecule has 7 aromatic carbocycles. The molecule has 0 radical (unpaired) electrons. The summed E-state index contributed by atoms with van der Waals surface area (Å²) in [6.07, 6.45) is 4.17. The molecule has 0 atom stereocenters. The highest BCUT2D eigenvalue weighted by Gasteiger charge is 2.46. The molecule has 55 heavy (non-hydrogen) atoms. The molecule has 0 unspecified atom stereocenters. The first-order valence-electron chi connectivity index (χ1n) is 18.6. The molecule has 0 saturated carbocycles. The van der Waals surface area contributed by atoms with Gasteiger partial charge in [0.15, 0.2) is 0 Å². The molecule has 0 N–H and O–H groups in total. The van der Waals surface area contributed by atoms with E-state index in [-0.39, 0.29) is 0 Å². The lowest BCUT2D eigenvalue weighted by molar-refractivity contribution is 0.542. The number of allylic oxidation sites excluding steroid dienone is 2. The zero-order valence-corrected chi connectivity index (χ0v) is 30.3. The van der Waals surface area contributed by atoms with Gasteiger partial charge in [0, 0.05) is 39.5 Å². The van der Waals surface area contributed by atoms with E-state index in [1.165, 1.54) is 33.4 Å². The minimum Gasteiger partial charge on any atom is -0.456 e. The van der Waals surface area contributed by atoms with Crippen LogP contribution in [0.4, 0.5) is 11.4 Å². The van der Waals surface area contributed by atoms with Crippen molar-refractivity contribution in [1.82, 2.24) is 4.98 Å². The summed E-state index contributed by atoms with van der Waals surface area (Å²) in [5.74, 6) is 0.536. The first-order valence-corrected chi connectivity index (χ1v) is 18.6. The molecule has 0 aliphatic heterocycles. The molecule has 0 amide bonds. The van der Waals surface area contributed by atoms with Gasteiger partial charge in [-0.2, -0.15) is 0 Å². The fraction of sp³-hybridized carbons (Fsp3) is 0.0392. The molecule has 4 nitrogen and oxygen atoms in total. The second-order valence-electron chi connectivity index (χ2n) is 13.9. The fourth-order valence-electron chi connectivity index (χ4n) is 8.47. The third kappa shape index (κ3) is 5.18. The molecular weight excluding hydrogens is 673 g/mol. The predicted octanol–water partition coefficient (Wildman–Crippen LogP) is 11.5. The van der Waals surface area contributed by atoms with Crippen LogP contribution in [0.2, 0.25) is 0 Å². The van der Waals surface area contributed by atoms with Gasteiger partial charge in [0.2, 0.25) is 5.89 Å². The van der Waals surface area contributed by atoms with Gasteiger partial charge in [-0.3, -0.25) is 0 Å². The number of hydrogen-bond donors (Lipinski definition) is 0. The van der Waals surface area contributed by atoms with Gasteiger partial charge in [0.1, 0.15) is 21.9 Å². The first-order chi connectivity index (χ1) is 27.1. The minimum atomic E-state index is -0.546. The molecule has 9 aromatic rings. The van der Waals surface area contributed by atoms with Crippen LogP contribution in [0.3, 0.4) is 0 Å². The topological polar surface area (TPSA) is 42.4 Å². The highest BCUT2D eigenvalue weighted by atomic mass is 16.3. The Kier molecular flexibility index (Phi) is 7.70. The molecule has 0 bridgehead atoms. The van der Waals surface area contributed by atoms with Gasteiger partial charge in [0.05, 0.1) is 5.41 Å². The standard InChI is InChI=1S/C51H36N2O2/c1-3-38(32-47-34(2)54-50(52-47)35-17-7-4-8-18-35)53(40-28-30-44-43-24-14-16-26-48(43)55-49(44)33-40)39-27-29-42-41-23-13-15-25-45(41)51(46(42)31-39,36-19-9-5-10-20-36)37-21-11-6-12-22-37/h3-33H,2H2,1H3/b38-3+,47-32+. The van der Waals surface area contributed by atoms with Crippen LogP contribution < -0.4 is 15.7 Å². The molecule has 2 heterocycles. The van der Waals surface area contributed by atoms with Crippen LogP contribution in [0, 0.1) is 0 Å². The van der Waals surface area contributed by atoms with E-state index >= 15 is 0 Å². The van der Waals surface area contributed by atoms with E-state index in [9.17, 15) is 0 Å². The molecule has 1 aliphatic carbocycles. The van der Waals surface area contributed by atoms with Gasteiger partial charge in [0.25, 0.3) is 0 Å². The number of rotatable bonds is 7. The van der Waals surface area contributed by atoms with Crippen molar-refractivity contribution in [2.45, 2.75) is 12.3 Å². The summed E-state index contributed by atoms with van der Waals surface area (Å²) in [4.78, 5) is 7.22. The van der Waals surface area contributed by atoms with E-state index in [0.29, 0.717) is 16.7 Å². The number of nitrogens with zero attached hydrogens (tertiary/aromatic N) is 2. The van der Waals surface area contributed by atoms with E-state index in [1.54, 1.807) is 0 Å². The maximum atomic E-state index is 6.45. The van der Waals surface area contributed by atoms with Crippen LogP contribution in [-0.2, 0) is 5.41 Å². The summed E-state index contributed by atoms with van der Waals surface area (Å²) in [5, 5.41) is 2.83. The Morgan fingerprint density at radius 3 is 1.93 bits per heavy atom. The molecule has 10 rings (SSSR count). The lowest BCUT2D eigenvalue weighted by Crippen LogP contribution is -2.29. The molecule has 2 aromatic heterocycles. The number of benzene rings is 7. The number of furan rings is 1. The predicted molar refractivity (Wildman–Crippen MR) is 225 cm³/mol. The van der Waals surface area contributed by atoms with E-state index in [2.05, 4.69) is 164 Å². The Bertz CT molecular complexity index is 2970. The summed E-state index contributed by atoms with van der Waals surface area (Å²) in [5.41, 5.74) is 12.8. The van der Waals surface area contributed by atoms with Crippen molar-refractivity contribution in [3.63, 3.8) is 0 Å². The number of anilines is 2. The van der Waals surface area contributed by atoms with Crippen LogP contribution in [0.1, 0.15) is 29.2 Å². The monoisotopic (exact) mass is 708 g/mol. The number of fused-ring (bicyclic) bond motifs is 6. The van der Waals surface area contributed by atoms with Crippen LogP contribution in [0.15, 0.2) is 197 Å². The molecule has 1 aliphatic rings. The van der Waals surface area contributed by atoms with E-state index < -0.39 is 5.41 Å². The lowest BCUT2D eigenvalue weighted by atomic mass is 9.67. The maximum absolute atomic E-state index is 6.45. The summed E-state index contributed by atoms with van der Waals surface area (Å²) in [6, 6.07) is 62.1. The molecule has 0 spiro atoms. The smallest absolute Gasteiger partial charge is 0.227 e. The van der Waals surface area contributed by atoms with Gasteiger partial charge in [-0.15, -0.1) is 0 Å². The van der Waals surface area contributed by atoms with Crippen molar-refractivity contribution < 1.29 is 8.83 Å². The Labute approximate surface area is 319 Å². The van der Waals surface area contributed by atoms with Crippen molar-refractivity contribution >= 4 is 46.0 Å². The summed E-state index contributed by atoms with van der Waals surface area (Å²) < 4.78 is 12.6. The SMILES string of the molecule is C=c1oc(-c2ccccc2)n/c1=C/C(=C\C)N(c1ccc2c(c1)C(c1ccccc1)(c1ccccc1)c1ccccc1-2)c1ccc2c(c1)oc1ccccc12. The van der Waals surface area contributed by atoms with Crippen molar-refractivity contribution in [2.24, 2.45) is 0 Å². The minimum absolute atomic E-state index is 0.502. The van der Waals surface area contributed by atoms with Crippen LogP contribution in [0.5, 0.6) is 0 Å². The summed E-state index contributed by atoms with van der Waals surface area (Å²) >= 11 is 0. The van der Waals surface area contributed by atoms with Crippen molar-refractivity contribution in [2.75, 3.05) is 4.90 Å². The Balaban J connectivity index is 1.23. The molecular formula is C51H36N2O2. The Hall–Kier alpha value is -7.17. The Morgan fingerprint density at radius 2 is 1.18 bits per heavy atom. The fourth-order valence-corrected chi connectivity index (χ4v) is 8.47. The third-order valence-corrected chi connectivity index (χ3v) is 10.9. The van der Waals surface area contributed by atoms with E-state index in [1.807, 2.05) is 42.5 Å². The zero-order chi connectivity index (χ0) is 36.9. The number of hydrogen-bond acceptors (Lipinski definition) is 4. The molecule has 0 saturated heterocycles. The van der Waals surface area contributed by atoms with Crippen molar-refractivity contribution in [3.8, 4) is 22.6 Å². The summed E-state index contributed by atoms with van der Waals surface area (Å²) in [6.45, 7) is 6.32. The van der Waals surface area contributed by atoms with Crippen LogP contribution in [0.25, 0.3) is 57.2 Å². The second-order valence-corrected chi connectivity index (χ2v) is 13.9. The van der Waals surface area contributed by atoms with Gasteiger partial charge >= 0.3 is 0 Å². The number of aromatic nitrogens is 1. The summed E-state index contributed by atoms with van der Waals surface area (Å²) in [7, 11) is 0. The number of para-hydroxylation sites is 1. The lowest BCUT2D eigenvalue weighted by Gasteiger charge is -2.35. The van der Waals surface area contributed by atoms with Crippen LogP contribution >= 0.6 is 0 Å². The third-order valence-electron chi connectivity index (χ3n) is 10.9. The van der Waals surface area contributed by atoms with Gasteiger partial charge in [-0.05, 0) is 88.8 Å². The highest BCUT2D eigenvalue weighted by molar-refractivity contribution is 6.06. The first kappa shape index (κ1) is 32.5. The Morgan fingerprint density at radius 1 is 0.582 bits per heavy atom. The molecule has 262 valence electrons. The quantitative estimate of drug-likeness (QED) is 0.165.